The maximum absolute atomic E-state index is 11.0. The lowest BCUT2D eigenvalue weighted by Gasteiger charge is -2.17. The van der Waals surface area contributed by atoms with E-state index in [1.54, 1.807) is 24.3 Å². The number of carboxylic acids is 2. The van der Waals surface area contributed by atoms with E-state index in [4.69, 9.17) is 19.7 Å². The molecule has 2 N–H and O–H groups in total. The van der Waals surface area contributed by atoms with Crippen molar-refractivity contribution in [1.29, 1.82) is 0 Å². The minimum atomic E-state index is -0.972. The van der Waals surface area contributed by atoms with E-state index in [1.165, 1.54) is 24.3 Å². The van der Waals surface area contributed by atoms with Crippen LogP contribution in [0.1, 0.15) is 55.8 Å². The number of aryl methyl sites for hydroxylation is 2. The van der Waals surface area contributed by atoms with Gasteiger partial charge in [-0.3, -0.25) is 0 Å². The maximum Gasteiger partial charge on any atom is 0.335 e. The van der Waals surface area contributed by atoms with Crippen LogP contribution in [0.4, 0.5) is 0 Å². The summed E-state index contributed by atoms with van der Waals surface area (Å²) in [5.74, 6) is 0.766. The second-order valence-corrected chi connectivity index (χ2v) is 8.63. The molecule has 0 aromatic heterocycles. The summed E-state index contributed by atoms with van der Waals surface area (Å²) in [5, 5.41) is 18.1. The molecule has 0 aliphatic carbocycles. The van der Waals surface area contributed by atoms with Crippen LogP contribution in [0.3, 0.4) is 0 Å². The Morgan fingerprint density at radius 2 is 0.972 bits per heavy atom. The largest absolute Gasteiger partial charge is 0.478 e. The van der Waals surface area contributed by atoms with Crippen molar-refractivity contribution < 1.29 is 29.3 Å². The first kappa shape index (κ1) is 24.5. The number of ether oxygens (including phenoxy) is 2. The lowest BCUT2D eigenvalue weighted by atomic mass is 9.91. The molecule has 0 aliphatic rings. The Bertz CT molecular complexity index is 1300. The van der Waals surface area contributed by atoms with Gasteiger partial charge >= 0.3 is 11.9 Å². The number of carbonyl (C=O) groups is 2. The van der Waals surface area contributed by atoms with Gasteiger partial charge in [-0.2, -0.15) is 0 Å². The number of aromatic carboxylic acids is 2. The van der Waals surface area contributed by atoms with Crippen molar-refractivity contribution in [2.75, 3.05) is 0 Å². The Kier molecular flexibility index (Phi) is 7.06. The molecule has 4 aromatic carbocycles. The molecule has 0 amide bonds. The van der Waals surface area contributed by atoms with Crippen LogP contribution < -0.4 is 9.47 Å². The minimum absolute atomic E-state index is 0.134. The van der Waals surface area contributed by atoms with Crippen molar-refractivity contribution in [3.8, 4) is 23.0 Å². The standard InChI is InChI=1S/C30H26O6/c1-18-16-23(8-14-27(18)35-25-10-4-21(5-11-25)29(31)32)20(3)24-9-15-28(19(2)17-24)36-26-12-6-22(7-13-26)30(33)34/h4-17,20H,1-3H3,(H,31,32)(H,33,34). The normalized spacial score (nSPS) is 10.8. The van der Waals surface area contributed by atoms with Crippen LogP contribution in [0.15, 0.2) is 84.9 Å². The molecule has 4 rings (SSSR count). The van der Waals surface area contributed by atoms with Crippen LogP contribution in [-0.4, -0.2) is 22.2 Å². The Labute approximate surface area is 209 Å². The fourth-order valence-corrected chi connectivity index (χ4v) is 3.89. The molecule has 0 bridgehead atoms. The summed E-state index contributed by atoms with van der Waals surface area (Å²) in [5.41, 5.74) is 4.65. The molecule has 0 unspecified atom stereocenters. The third-order valence-electron chi connectivity index (χ3n) is 6.06. The minimum Gasteiger partial charge on any atom is -0.478 e. The van der Waals surface area contributed by atoms with E-state index in [0.717, 1.165) is 22.3 Å². The van der Waals surface area contributed by atoms with Gasteiger partial charge in [0, 0.05) is 5.92 Å². The lowest BCUT2D eigenvalue weighted by Crippen LogP contribution is -1.99. The number of hydrogen-bond acceptors (Lipinski definition) is 4. The molecule has 0 spiro atoms. The maximum atomic E-state index is 11.0. The number of rotatable bonds is 8. The molecular weight excluding hydrogens is 456 g/mol. The van der Waals surface area contributed by atoms with Gasteiger partial charge in [-0.15, -0.1) is 0 Å². The Balaban J connectivity index is 1.47. The predicted octanol–water partition coefficient (Wildman–Crippen LogP) is 7.44. The molecule has 0 heterocycles. The van der Waals surface area contributed by atoms with E-state index < -0.39 is 11.9 Å². The molecule has 36 heavy (non-hydrogen) atoms. The number of hydrogen-bond donors (Lipinski definition) is 2. The topological polar surface area (TPSA) is 93.1 Å². The highest BCUT2D eigenvalue weighted by molar-refractivity contribution is 5.88. The van der Waals surface area contributed by atoms with Crippen molar-refractivity contribution >= 4 is 11.9 Å². The Morgan fingerprint density at radius 3 is 1.28 bits per heavy atom. The highest BCUT2D eigenvalue weighted by Crippen LogP contribution is 2.33. The van der Waals surface area contributed by atoms with Crippen LogP contribution in [0.2, 0.25) is 0 Å². The molecule has 182 valence electrons. The van der Waals surface area contributed by atoms with E-state index in [2.05, 4.69) is 19.1 Å². The zero-order chi connectivity index (χ0) is 25.8. The number of benzene rings is 4. The summed E-state index contributed by atoms with van der Waals surface area (Å²) >= 11 is 0. The molecule has 0 atom stereocenters. The van der Waals surface area contributed by atoms with Gasteiger partial charge in [0.05, 0.1) is 11.1 Å². The summed E-state index contributed by atoms with van der Waals surface area (Å²) in [6.07, 6.45) is 0. The Morgan fingerprint density at radius 1 is 0.611 bits per heavy atom. The number of carboxylic acid groups (broad SMARTS) is 2. The van der Waals surface area contributed by atoms with Gasteiger partial charge in [0.1, 0.15) is 23.0 Å². The molecule has 0 radical (unpaired) electrons. The van der Waals surface area contributed by atoms with Crippen LogP contribution >= 0.6 is 0 Å². The van der Waals surface area contributed by atoms with Gasteiger partial charge in [0.25, 0.3) is 0 Å². The molecule has 0 fully saturated rings. The Hall–Kier alpha value is -4.58. The quantitative estimate of drug-likeness (QED) is 0.271. The van der Waals surface area contributed by atoms with Gasteiger partial charge < -0.3 is 19.7 Å². The monoisotopic (exact) mass is 482 g/mol. The van der Waals surface area contributed by atoms with Crippen LogP contribution in [0.25, 0.3) is 0 Å². The molecule has 6 nitrogen and oxygen atoms in total. The van der Waals surface area contributed by atoms with E-state index in [9.17, 15) is 9.59 Å². The first-order valence-corrected chi connectivity index (χ1v) is 11.4. The van der Waals surface area contributed by atoms with Crippen molar-refractivity contribution in [2.45, 2.75) is 26.7 Å². The molecule has 0 saturated heterocycles. The van der Waals surface area contributed by atoms with E-state index in [0.29, 0.717) is 23.0 Å². The SMILES string of the molecule is Cc1cc(C(C)c2ccc(Oc3ccc(C(=O)O)cc3)c(C)c2)ccc1Oc1ccc(C(=O)O)cc1. The fraction of sp³-hybridized carbons (Fsp3) is 0.133. The second-order valence-electron chi connectivity index (χ2n) is 8.63. The average Bonchev–Trinajstić information content (AvgIpc) is 2.86. The van der Waals surface area contributed by atoms with Crippen molar-refractivity contribution in [3.63, 3.8) is 0 Å². The highest BCUT2D eigenvalue weighted by atomic mass is 16.5. The highest BCUT2D eigenvalue weighted by Gasteiger charge is 2.14. The van der Waals surface area contributed by atoms with Crippen molar-refractivity contribution in [2.24, 2.45) is 0 Å². The predicted molar refractivity (Wildman–Crippen MR) is 137 cm³/mol. The van der Waals surface area contributed by atoms with Gasteiger partial charge in [-0.05, 0) is 96.8 Å². The average molecular weight is 483 g/mol. The van der Waals surface area contributed by atoms with E-state index in [1.807, 2.05) is 38.1 Å². The van der Waals surface area contributed by atoms with Crippen LogP contribution in [-0.2, 0) is 0 Å². The van der Waals surface area contributed by atoms with Crippen molar-refractivity contribution in [1.82, 2.24) is 0 Å². The molecule has 6 heteroatoms. The van der Waals surface area contributed by atoms with Gasteiger partial charge in [0.2, 0.25) is 0 Å². The zero-order valence-corrected chi connectivity index (χ0v) is 20.2. The summed E-state index contributed by atoms with van der Waals surface area (Å²) in [7, 11) is 0. The fourth-order valence-electron chi connectivity index (χ4n) is 3.89. The van der Waals surface area contributed by atoms with Crippen LogP contribution in [0.5, 0.6) is 23.0 Å². The third-order valence-corrected chi connectivity index (χ3v) is 6.06. The molecule has 0 saturated carbocycles. The summed E-state index contributed by atoms with van der Waals surface area (Å²) in [4.78, 5) is 22.1. The smallest absolute Gasteiger partial charge is 0.335 e. The van der Waals surface area contributed by atoms with E-state index >= 15 is 0 Å². The first-order chi connectivity index (χ1) is 17.2. The second kappa shape index (κ2) is 10.4. The van der Waals surface area contributed by atoms with Crippen LogP contribution in [0, 0.1) is 13.8 Å². The first-order valence-electron chi connectivity index (χ1n) is 11.4. The molecular formula is C30H26O6. The third kappa shape index (κ3) is 5.55. The van der Waals surface area contributed by atoms with Gasteiger partial charge in [0.15, 0.2) is 0 Å². The van der Waals surface area contributed by atoms with Gasteiger partial charge in [-0.1, -0.05) is 31.2 Å². The lowest BCUT2D eigenvalue weighted by molar-refractivity contribution is 0.0686. The molecule has 4 aromatic rings. The van der Waals surface area contributed by atoms with E-state index in [-0.39, 0.29) is 17.0 Å². The summed E-state index contributed by atoms with van der Waals surface area (Å²) < 4.78 is 11.9. The van der Waals surface area contributed by atoms with Gasteiger partial charge in [-0.25, -0.2) is 9.59 Å². The summed E-state index contributed by atoms with van der Waals surface area (Å²) in [6.45, 7) is 6.10. The van der Waals surface area contributed by atoms with Crippen molar-refractivity contribution in [3.05, 3.63) is 118 Å². The molecule has 0 aliphatic heterocycles. The zero-order valence-electron chi connectivity index (χ0n) is 20.2. The summed E-state index contributed by atoms with van der Waals surface area (Å²) in [6, 6.07) is 24.8.